The van der Waals surface area contributed by atoms with Gasteiger partial charge in [-0.05, 0) is 17.9 Å². The number of likely N-dealkylation sites (N-methyl/N-ethyl adjacent to an activating group) is 2. The van der Waals surface area contributed by atoms with E-state index in [4.69, 9.17) is 0 Å². The van der Waals surface area contributed by atoms with Crippen LogP contribution in [0.1, 0.15) is 27.7 Å². The van der Waals surface area contributed by atoms with E-state index in [0.717, 1.165) is 26.2 Å². The predicted octanol–water partition coefficient (Wildman–Crippen LogP) is 0.735. The highest BCUT2D eigenvalue weighted by Gasteiger charge is 2.68. The van der Waals surface area contributed by atoms with Crippen molar-refractivity contribution >= 4 is 5.91 Å². The van der Waals surface area contributed by atoms with Gasteiger partial charge in [0.15, 0.2) is 0 Å². The zero-order valence-electron chi connectivity index (χ0n) is 15.1. The van der Waals surface area contributed by atoms with Gasteiger partial charge in [0.1, 0.15) is 0 Å². The Morgan fingerprint density at radius 2 is 1.68 bits per heavy atom. The monoisotopic (exact) mass is 311 g/mol. The quantitative estimate of drug-likeness (QED) is 0.813. The van der Waals surface area contributed by atoms with E-state index in [1.165, 1.54) is 0 Å². The zero-order valence-corrected chi connectivity index (χ0v) is 15.1. The van der Waals surface area contributed by atoms with Gasteiger partial charge >= 0.3 is 0 Å². The van der Waals surface area contributed by atoms with Crippen molar-refractivity contribution in [3.8, 4) is 0 Å². The first-order valence-corrected chi connectivity index (χ1v) is 8.41. The van der Waals surface area contributed by atoms with E-state index in [-0.39, 0.29) is 22.7 Å². The summed E-state index contributed by atoms with van der Waals surface area (Å²) in [6, 6.07) is 0. The van der Waals surface area contributed by atoms with Crippen LogP contribution < -0.4 is 0 Å². The number of carbonyl (C=O) groups is 1. The number of aliphatic hydroxyl groups is 1. The highest BCUT2D eigenvalue weighted by atomic mass is 16.3. The summed E-state index contributed by atoms with van der Waals surface area (Å²) in [6.45, 7) is 13.8. The van der Waals surface area contributed by atoms with Crippen LogP contribution in [0.3, 0.4) is 0 Å². The van der Waals surface area contributed by atoms with Gasteiger partial charge in [-0.25, -0.2) is 0 Å². The summed E-state index contributed by atoms with van der Waals surface area (Å²) in [6.07, 6.45) is -0.470. The number of carbonyl (C=O) groups excluding carboxylic acids is 1. The van der Waals surface area contributed by atoms with Crippen molar-refractivity contribution in [2.45, 2.75) is 33.8 Å². The second-order valence-electron chi connectivity index (χ2n) is 8.35. The second kappa shape index (κ2) is 6.10. The predicted molar refractivity (Wildman–Crippen MR) is 88.6 cm³/mol. The van der Waals surface area contributed by atoms with E-state index in [0.29, 0.717) is 13.1 Å². The van der Waals surface area contributed by atoms with Gasteiger partial charge in [-0.2, -0.15) is 0 Å². The smallest absolute Gasteiger partial charge is 0.226 e. The lowest BCUT2D eigenvalue weighted by atomic mass is 10.0. The molecule has 0 radical (unpaired) electrons. The number of piperazine rings is 1. The number of β-amino-alcohol motifs (C(OH)–C–C–N with tert-alkyl or cyclic N) is 1. The van der Waals surface area contributed by atoms with Crippen LogP contribution in [0.15, 0.2) is 0 Å². The van der Waals surface area contributed by atoms with Crippen LogP contribution in [-0.4, -0.2) is 85.2 Å². The van der Waals surface area contributed by atoms with Crippen molar-refractivity contribution in [2.24, 2.45) is 16.7 Å². The first-order valence-electron chi connectivity index (χ1n) is 8.41. The van der Waals surface area contributed by atoms with Crippen molar-refractivity contribution < 1.29 is 9.90 Å². The molecule has 1 saturated heterocycles. The van der Waals surface area contributed by atoms with Gasteiger partial charge in [0.25, 0.3) is 0 Å². The van der Waals surface area contributed by atoms with Gasteiger partial charge in [0.05, 0.1) is 6.10 Å². The lowest BCUT2D eigenvalue weighted by Gasteiger charge is -2.34. The molecule has 1 N–H and O–H groups in total. The maximum Gasteiger partial charge on any atom is 0.226 e. The number of rotatable bonds is 5. The fourth-order valence-electron chi connectivity index (χ4n) is 3.83. The first-order chi connectivity index (χ1) is 10.1. The number of nitrogens with zero attached hydrogens (tertiary/aromatic N) is 3. The lowest BCUT2D eigenvalue weighted by molar-refractivity contribution is -0.134. The van der Waals surface area contributed by atoms with Gasteiger partial charge in [-0.3, -0.25) is 9.69 Å². The fraction of sp³-hybridized carbons (Fsp3) is 0.941. The molecule has 5 nitrogen and oxygen atoms in total. The SMILES string of the molecule is CN1CCN(CC(O)CN(C)C(=O)C2C(C)(C)C2(C)C)CC1. The Morgan fingerprint density at radius 1 is 1.18 bits per heavy atom. The van der Waals surface area contributed by atoms with Crippen LogP contribution in [0.4, 0.5) is 0 Å². The Bertz CT molecular complexity index is 400. The fourth-order valence-corrected chi connectivity index (χ4v) is 3.83. The van der Waals surface area contributed by atoms with Crippen molar-refractivity contribution in [3.05, 3.63) is 0 Å². The lowest BCUT2D eigenvalue weighted by Crippen LogP contribution is -2.49. The molecule has 2 fully saturated rings. The second-order valence-corrected chi connectivity index (χ2v) is 8.35. The Hall–Kier alpha value is -0.650. The summed E-state index contributed by atoms with van der Waals surface area (Å²) in [4.78, 5) is 18.9. The van der Waals surface area contributed by atoms with Crippen molar-refractivity contribution in [1.29, 1.82) is 0 Å². The topological polar surface area (TPSA) is 47.0 Å². The molecule has 0 bridgehead atoms. The minimum Gasteiger partial charge on any atom is -0.390 e. The summed E-state index contributed by atoms with van der Waals surface area (Å²) in [5.41, 5.74) is 0.113. The normalized spacial score (nSPS) is 26.7. The van der Waals surface area contributed by atoms with Gasteiger partial charge in [-0.15, -0.1) is 0 Å². The molecule has 0 aromatic heterocycles. The van der Waals surface area contributed by atoms with Gasteiger partial charge in [0, 0.05) is 52.2 Å². The zero-order chi connectivity index (χ0) is 16.7. The summed E-state index contributed by atoms with van der Waals surface area (Å²) in [5, 5.41) is 10.3. The molecule has 5 heteroatoms. The van der Waals surface area contributed by atoms with Crippen LogP contribution in [0.25, 0.3) is 0 Å². The molecule has 0 aromatic rings. The Kier molecular flexibility index (Phi) is 4.91. The van der Waals surface area contributed by atoms with Crippen LogP contribution in [-0.2, 0) is 4.79 Å². The van der Waals surface area contributed by atoms with Crippen LogP contribution >= 0.6 is 0 Å². The third-order valence-corrected chi connectivity index (χ3v) is 6.19. The molecule has 1 aliphatic heterocycles. The Balaban J connectivity index is 1.79. The molecule has 2 aliphatic rings. The van der Waals surface area contributed by atoms with Crippen molar-refractivity contribution in [1.82, 2.24) is 14.7 Å². The first kappa shape index (κ1) is 17.7. The van der Waals surface area contributed by atoms with E-state index < -0.39 is 6.10 Å². The van der Waals surface area contributed by atoms with E-state index in [1.807, 2.05) is 7.05 Å². The summed E-state index contributed by atoms with van der Waals surface area (Å²) < 4.78 is 0. The van der Waals surface area contributed by atoms with E-state index in [9.17, 15) is 9.90 Å². The molecule has 22 heavy (non-hydrogen) atoms. The summed E-state index contributed by atoms with van der Waals surface area (Å²) in [7, 11) is 3.94. The maximum absolute atomic E-state index is 12.6. The molecule has 1 heterocycles. The van der Waals surface area contributed by atoms with Gasteiger partial charge < -0.3 is 14.9 Å². The van der Waals surface area contributed by atoms with Crippen LogP contribution in [0.5, 0.6) is 0 Å². The van der Waals surface area contributed by atoms with Crippen molar-refractivity contribution in [2.75, 3.05) is 53.4 Å². The minimum atomic E-state index is -0.470. The Morgan fingerprint density at radius 3 is 2.14 bits per heavy atom. The molecule has 0 spiro atoms. The third kappa shape index (κ3) is 3.31. The highest BCUT2D eigenvalue weighted by Crippen LogP contribution is 2.68. The maximum atomic E-state index is 12.6. The Labute approximate surface area is 135 Å². The van der Waals surface area contributed by atoms with Gasteiger partial charge in [-0.1, -0.05) is 27.7 Å². The number of hydrogen-bond donors (Lipinski definition) is 1. The number of aliphatic hydroxyl groups excluding tert-OH is 1. The van der Waals surface area contributed by atoms with E-state index in [2.05, 4.69) is 44.5 Å². The molecule has 1 atom stereocenters. The molecule has 0 aromatic carbocycles. The minimum absolute atomic E-state index is 0.0563. The highest BCUT2D eigenvalue weighted by molar-refractivity contribution is 5.84. The molecule has 128 valence electrons. The average Bonchev–Trinajstić information content (AvgIpc) is 2.81. The number of hydrogen-bond acceptors (Lipinski definition) is 4. The number of amides is 1. The molecule has 1 saturated carbocycles. The molecule has 2 rings (SSSR count). The molecule has 1 aliphatic carbocycles. The molecule has 1 unspecified atom stereocenters. The van der Waals surface area contributed by atoms with Crippen molar-refractivity contribution in [3.63, 3.8) is 0 Å². The molecular formula is C17H33N3O2. The standard InChI is InChI=1S/C17H33N3O2/c1-16(2)14(17(16,3)4)15(22)19(6)11-13(21)12-20-9-7-18(5)8-10-20/h13-14,21H,7-12H2,1-6H3. The summed E-state index contributed by atoms with van der Waals surface area (Å²) in [5.74, 6) is 0.244. The van der Waals surface area contributed by atoms with Crippen LogP contribution in [0, 0.1) is 16.7 Å². The molecule has 1 amide bonds. The third-order valence-electron chi connectivity index (χ3n) is 6.19. The van der Waals surface area contributed by atoms with Gasteiger partial charge in [0.2, 0.25) is 5.91 Å². The molecular weight excluding hydrogens is 278 g/mol. The summed E-state index contributed by atoms with van der Waals surface area (Å²) >= 11 is 0. The largest absolute Gasteiger partial charge is 0.390 e. The average molecular weight is 311 g/mol. The van der Waals surface area contributed by atoms with E-state index in [1.54, 1.807) is 4.90 Å². The van der Waals surface area contributed by atoms with Crippen LogP contribution in [0.2, 0.25) is 0 Å². The van der Waals surface area contributed by atoms with E-state index >= 15 is 0 Å².